The summed E-state index contributed by atoms with van der Waals surface area (Å²) in [6.07, 6.45) is 0. The van der Waals surface area contributed by atoms with Crippen LogP contribution in [0.5, 0.6) is 0 Å². The molecule has 0 radical (unpaired) electrons. The Hall–Kier alpha value is -3.57. The summed E-state index contributed by atoms with van der Waals surface area (Å²) >= 11 is 0. The van der Waals surface area contributed by atoms with Crippen molar-refractivity contribution < 1.29 is 0 Å². The fourth-order valence-corrected chi connectivity index (χ4v) is 4.17. The van der Waals surface area contributed by atoms with Crippen LogP contribution in [-0.2, 0) is 19.6 Å². The molecule has 0 bridgehead atoms. The molecule has 0 fully saturated rings. The van der Waals surface area contributed by atoms with Crippen LogP contribution in [0.25, 0.3) is 11.3 Å². The molecule has 0 saturated heterocycles. The van der Waals surface area contributed by atoms with Gasteiger partial charge in [0.2, 0.25) is 5.95 Å². The van der Waals surface area contributed by atoms with E-state index in [0.29, 0.717) is 5.95 Å². The Morgan fingerprint density at radius 3 is 1.93 bits per heavy atom. The van der Waals surface area contributed by atoms with E-state index >= 15 is 0 Å². The van der Waals surface area contributed by atoms with E-state index in [0.717, 1.165) is 43.3 Å². The number of fused-ring (bicyclic) bond motifs is 1. The Kier molecular flexibility index (Phi) is 4.95. The molecule has 0 saturated carbocycles. The number of aromatic nitrogens is 2. The lowest BCUT2D eigenvalue weighted by atomic mass is 10.1. The first-order chi connectivity index (χ1) is 14.8. The molecule has 30 heavy (non-hydrogen) atoms. The van der Waals surface area contributed by atoms with Crippen molar-refractivity contribution in [3.63, 3.8) is 0 Å². The molecule has 1 aromatic heterocycles. The highest BCUT2D eigenvalue weighted by atomic mass is 15.6. The zero-order chi connectivity index (χ0) is 20.3. The van der Waals surface area contributed by atoms with E-state index in [9.17, 15) is 0 Å². The van der Waals surface area contributed by atoms with Gasteiger partial charge in [0.1, 0.15) is 0 Å². The Balaban J connectivity index is 1.53. The molecule has 0 aliphatic carbocycles. The topological polar surface area (TPSA) is 50.3 Å². The smallest absolute Gasteiger partial charge is 0.220 e. The molecular weight excluding hydrogens is 370 g/mol. The minimum atomic E-state index is 0.541. The van der Waals surface area contributed by atoms with Crippen LogP contribution in [0.1, 0.15) is 16.8 Å². The first kappa shape index (κ1) is 18.5. The molecule has 5 nitrogen and oxygen atoms in total. The maximum Gasteiger partial charge on any atom is 0.220 e. The van der Waals surface area contributed by atoms with Gasteiger partial charge in [-0.05, 0) is 11.1 Å². The summed E-state index contributed by atoms with van der Waals surface area (Å²) in [6, 6.07) is 31.4. The number of benzene rings is 3. The highest BCUT2D eigenvalue weighted by Gasteiger charge is 2.28. The largest absolute Gasteiger partial charge is 0.368 e. The number of nitrogen functional groups attached to an aromatic ring is 1. The van der Waals surface area contributed by atoms with Gasteiger partial charge < -0.3 is 5.73 Å². The maximum absolute atomic E-state index is 6.43. The van der Waals surface area contributed by atoms with Crippen molar-refractivity contribution >= 4 is 5.95 Å². The van der Waals surface area contributed by atoms with Crippen LogP contribution in [0, 0.1) is 0 Å². The van der Waals surface area contributed by atoms with Crippen molar-refractivity contribution in [2.75, 3.05) is 17.4 Å². The van der Waals surface area contributed by atoms with E-state index in [1.54, 1.807) is 0 Å². The maximum atomic E-state index is 6.43. The summed E-state index contributed by atoms with van der Waals surface area (Å²) in [4.78, 5) is 7.21. The normalized spacial score (nSPS) is 13.9. The molecule has 5 rings (SSSR count). The fraction of sp³-hybridized carbons (Fsp3) is 0.160. The number of nitrogens with zero attached hydrogens (tertiary/aromatic N) is 4. The van der Waals surface area contributed by atoms with Crippen LogP contribution in [0.2, 0.25) is 0 Å². The third-order valence-corrected chi connectivity index (χ3v) is 5.50. The van der Waals surface area contributed by atoms with Gasteiger partial charge in [-0.3, -0.25) is 9.91 Å². The van der Waals surface area contributed by atoms with Crippen molar-refractivity contribution in [3.8, 4) is 11.3 Å². The lowest BCUT2D eigenvalue weighted by Gasteiger charge is -2.39. The van der Waals surface area contributed by atoms with Gasteiger partial charge in [0.15, 0.2) is 0 Å². The predicted octanol–water partition coefficient (Wildman–Crippen LogP) is 4.24. The van der Waals surface area contributed by atoms with Crippen molar-refractivity contribution in [2.24, 2.45) is 0 Å². The molecule has 1 aliphatic heterocycles. The SMILES string of the molecule is Nc1nc(-c2ccccc2)c2n1N(Cc1ccccc1)CN(Cc1ccccc1)C2. The molecule has 2 heterocycles. The van der Waals surface area contributed by atoms with Crippen molar-refractivity contribution in [2.45, 2.75) is 19.6 Å². The third kappa shape index (κ3) is 3.67. The summed E-state index contributed by atoms with van der Waals surface area (Å²) in [6.45, 7) is 3.24. The first-order valence-electron chi connectivity index (χ1n) is 10.3. The second-order valence-electron chi connectivity index (χ2n) is 7.71. The average Bonchev–Trinajstić information content (AvgIpc) is 3.12. The Labute approximate surface area is 177 Å². The van der Waals surface area contributed by atoms with Crippen molar-refractivity contribution in [1.29, 1.82) is 0 Å². The molecule has 2 N–H and O–H groups in total. The van der Waals surface area contributed by atoms with E-state index in [1.807, 2.05) is 24.3 Å². The lowest BCUT2D eigenvalue weighted by Crippen LogP contribution is -2.49. The molecular formula is C25H25N5. The Morgan fingerprint density at radius 1 is 0.733 bits per heavy atom. The van der Waals surface area contributed by atoms with E-state index in [-0.39, 0.29) is 0 Å². The number of hydrogen-bond acceptors (Lipinski definition) is 4. The van der Waals surface area contributed by atoms with E-state index < -0.39 is 0 Å². The minimum absolute atomic E-state index is 0.541. The molecule has 3 aromatic carbocycles. The van der Waals surface area contributed by atoms with Crippen LogP contribution in [0.3, 0.4) is 0 Å². The molecule has 4 aromatic rings. The standard InChI is InChI=1S/C25H25N5/c26-25-27-24(22-14-8-3-9-15-22)23-18-28(16-20-10-4-1-5-11-20)19-29(30(23)25)17-21-12-6-2-7-13-21/h1-15H,16-19H2,(H2,26,27). The van der Waals surface area contributed by atoms with Gasteiger partial charge in [-0.25, -0.2) is 9.66 Å². The molecule has 0 amide bonds. The summed E-state index contributed by atoms with van der Waals surface area (Å²) in [7, 11) is 0. The number of rotatable bonds is 5. The Morgan fingerprint density at radius 2 is 1.30 bits per heavy atom. The van der Waals surface area contributed by atoms with E-state index in [1.165, 1.54) is 11.1 Å². The predicted molar refractivity (Wildman–Crippen MR) is 121 cm³/mol. The summed E-state index contributed by atoms with van der Waals surface area (Å²) < 4.78 is 2.11. The van der Waals surface area contributed by atoms with Gasteiger partial charge in [0.25, 0.3) is 0 Å². The van der Waals surface area contributed by atoms with Crippen LogP contribution in [0.15, 0.2) is 91.0 Å². The molecule has 150 valence electrons. The van der Waals surface area contributed by atoms with Crippen LogP contribution < -0.4 is 10.7 Å². The van der Waals surface area contributed by atoms with Crippen molar-refractivity contribution in [3.05, 3.63) is 108 Å². The van der Waals surface area contributed by atoms with Crippen LogP contribution >= 0.6 is 0 Å². The quantitative estimate of drug-likeness (QED) is 0.549. The number of hydrogen-bond donors (Lipinski definition) is 1. The van der Waals surface area contributed by atoms with Crippen LogP contribution in [-0.4, -0.2) is 21.2 Å². The number of anilines is 1. The fourth-order valence-electron chi connectivity index (χ4n) is 4.17. The average molecular weight is 396 g/mol. The highest BCUT2D eigenvalue weighted by Crippen LogP contribution is 2.30. The molecule has 1 aliphatic rings. The third-order valence-electron chi connectivity index (χ3n) is 5.50. The summed E-state index contributed by atoms with van der Waals surface area (Å²) in [5.74, 6) is 0.541. The van der Waals surface area contributed by atoms with Gasteiger partial charge in [0, 0.05) is 18.7 Å². The zero-order valence-corrected chi connectivity index (χ0v) is 16.9. The monoisotopic (exact) mass is 395 g/mol. The summed E-state index contributed by atoms with van der Waals surface area (Å²) in [5, 5.41) is 2.28. The zero-order valence-electron chi connectivity index (χ0n) is 16.9. The van der Waals surface area contributed by atoms with Crippen molar-refractivity contribution in [1.82, 2.24) is 14.6 Å². The molecule has 0 spiro atoms. The summed E-state index contributed by atoms with van der Waals surface area (Å²) in [5.41, 5.74) is 12.2. The molecule has 5 heteroatoms. The molecule has 0 unspecified atom stereocenters. The van der Waals surface area contributed by atoms with Gasteiger partial charge >= 0.3 is 0 Å². The number of imidazole rings is 1. The highest BCUT2D eigenvalue weighted by molar-refractivity contribution is 5.64. The van der Waals surface area contributed by atoms with Gasteiger partial charge in [-0.2, -0.15) is 0 Å². The lowest BCUT2D eigenvalue weighted by molar-refractivity contribution is 0.201. The number of nitrogens with two attached hydrogens (primary N) is 1. The molecule has 0 atom stereocenters. The van der Waals surface area contributed by atoms with Gasteiger partial charge in [-0.1, -0.05) is 91.0 Å². The van der Waals surface area contributed by atoms with E-state index in [4.69, 9.17) is 10.7 Å². The Bertz CT molecular complexity index is 1110. The van der Waals surface area contributed by atoms with Crippen LogP contribution in [0.4, 0.5) is 5.95 Å². The van der Waals surface area contributed by atoms with Gasteiger partial charge in [0.05, 0.1) is 24.6 Å². The minimum Gasteiger partial charge on any atom is -0.368 e. The second kappa shape index (κ2) is 8.05. The second-order valence-corrected chi connectivity index (χ2v) is 7.71. The first-order valence-corrected chi connectivity index (χ1v) is 10.3. The van der Waals surface area contributed by atoms with E-state index in [2.05, 4.69) is 81.3 Å². The van der Waals surface area contributed by atoms with Gasteiger partial charge in [-0.15, -0.1) is 0 Å².